The van der Waals surface area contributed by atoms with Crippen LogP contribution in [0.2, 0.25) is 0 Å². The molecule has 0 aromatic carbocycles. The van der Waals surface area contributed by atoms with Crippen molar-refractivity contribution in [3.63, 3.8) is 0 Å². The summed E-state index contributed by atoms with van der Waals surface area (Å²) >= 11 is 4.27. The Morgan fingerprint density at radius 1 is 0.389 bits per heavy atom. The van der Waals surface area contributed by atoms with Gasteiger partial charge in [-0.15, -0.1) is 0 Å². The summed E-state index contributed by atoms with van der Waals surface area (Å²) in [5, 5.41) is 0. The maximum absolute atomic E-state index is 11.5. The van der Waals surface area contributed by atoms with Crippen LogP contribution in [0, 0.1) is 0 Å². The standard InChI is InChI=1S/C32H59NO2S/c34-31-27-28-32(35)33(31)29-25-23-21-19-17-15-13-11-9-7-5-3-1-2-4-6-8-10-12-14-16-18-20-22-24-26-30-36/h27-28,36H,1-26,29-30H2. The van der Waals surface area contributed by atoms with Gasteiger partial charge in [-0.05, 0) is 18.6 Å². The van der Waals surface area contributed by atoms with E-state index in [4.69, 9.17) is 0 Å². The van der Waals surface area contributed by atoms with Crippen LogP contribution in [0.3, 0.4) is 0 Å². The average molecular weight is 522 g/mol. The molecule has 0 spiro atoms. The molecule has 0 aromatic heterocycles. The van der Waals surface area contributed by atoms with Gasteiger partial charge in [-0.1, -0.05) is 154 Å². The fourth-order valence-electron chi connectivity index (χ4n) is 5.28. The Bertz CT molecular complexity index is 530. The van der Waals surface area contributed by atoms with E-state index >= 15 is 0 Å². The van der Waals surface area contributed by atoms with Crippen LogP contribution < -0.4 is 0 Å². The van der Waals surface area contributed by atoms with Crippen LogP contribution in [0.4, 0.5) is 0 Å². The third kappa shape index (κ3) is 20.3. The number of nitrogens with zero attached hydrogens (tertiary/aromatic N) is 1. The first-order valence-corrected chi connectivity index (χ1v) is 16.5. The van der Waals surface area contributed by atoms with Gasteiger partial charge in [0.25, 0.3) is 11.8 Å². The SMILES string of the molecule is O=C1C=CC(=O)N1CCCCCCCCCCCCCCCCCCCCCCCCCCCCS. The van der Waals surface area contributed by atoms with E-state index in [1.54, 1.807) is 0 Å². The van der Waals surface area contributed by atoms with Gasteiger partial charge in [0.05, 0.1) is 0 Å². The zero-order valence-electron chi connectivity index (χ0n) is 23.7. The Hall–Kier alpha value is -0.770. The highest BCUT2D eigenvalue weighted by Gasteiger charge is 2.21. The molecule has 2 amide bonds. The zero-order chi connectivity index (χ0) is 25.9. The van der Waals surface area contributed by atoms with E-state index in [9.17, 15) is 9.59 Å². The van der Waals surface area contributed by atoms with Crippen LogP contribution >= 0.6 is 12.6 Å². The van der Waals surface area contributed by atoms with Gasteiger partial charge in [0.2, 0.25) is 0 Å². The van der Waals surface area contributed by atoms with Crippen molar-refractivity contribution in [2.45, 2.75) is 167 Å². The van der Waals surface area contributed by atoms with Crippen molar-refractivity contribution >= 4 is 24.4 Å². The lowest BCUT2D eigenvalue weighted by atomic mass is 10.0. The third-order valence-electron chi connectivity index (χ3n) is 7.69. The highest BCUT2D eigenvalue weighted by atomic mass is 32.1. The second kappa shape index (κ2) is 25.9. The van der Waals surface area contributed by atoms with Crippen molar-refractivity contribution in [3.05, 3.63) is 12.2 Å². The molecule has 4 heteroatoms. The van der Waals surface area contributed by atoms with Crippen LogP contribution in [0.15, 0.2) is 12.2 Å². The molecule has 1 aliphatic rings. The molecule has 0 saturated carbocycles. The highest BCUT2D eigenvalue weighted by molar-refractivity contribution is 7.80. The van der Waals surface area contributed by atoms with Gasteiger partial charge in [0, 0.05) is 18.7 Å². The first-order valence-electron chi connectivity index (χ1n) is 15.9. The smallest absolute Gasteiger partial charge is 0.253 e. The van der Waals surface area contributed by atoms with E-state index in [0.717, 1.165) is 18.6 Å². The monoisotopic (exact) mass is 521 g/mol. The molecular formula is C32H59NO2S. The Morgan fingerprint density at radius 2 is 0.611 bits per heavy atom. The number of amides is 2. The van der Waals surface area contributed by atoms with Crippen molar-refractivity contribution in [2.75, 3.05) is 12.3 Å². The van der Waals surface area contributed by atoms with Gasteiger partial charge in [-0.3, -0.25) is 14.5 Å². The molecule has 0 atom stereocenters. The number of hydrogen-bond donors (Lipinski definition) is 1. The summed E-state index contributed by atoms with van der Waals surface area (Å²) < 4.78 is 0. The molecule has 0 radical (unpaired) electrons. The van der Waals surface area contributed by atoms with E-state index < -0.39 is 0 Å². The number of rotatable bonds is 28. The van der Waals surface area contributed by atoms with Crippen molar-refractivity contribution in [2.24, 2.45) is 0 Å². The molecule has 3 nitrogen and oxygen atoms in total. The fourth-order valence-corrected chi connectivity index (χ4v) is 5.50. The van der Waals surface area contributed by atoms with Crippen molar-refractivity contribution < 1.29 is 9.59 Å². The first-order chi connectivity index (χ1) is 17.8. The van der Waals surface area contributed by atoms with Crippen LogP contribution in [0.25, 0.3) is 0 Å². The Morgan fingerprint density at radius 3 is 0.861 bits per heavy atom. The maximum atomic E-state index is 11.5. The molecule has 0 aliphatic carbocycles. The zero-order valence-corrected chi connectivity index (χ0v) is 24.6. The number of carbonyl (C=O) groups excluding carboxylic acids is 2. The van der Waals surface area contributed by atoms with E-state index in [1.807, 2.05) is 0 Å². The minimum absolute atomic E-state index is 0.145. The molecule has 1 rings (SSSR count). The van der Waals surface area contributed by atoms with Crippen LogP contribution in [-0.4, -0.2) is 29.0 Å². The Balaban J connectivity index is 1.65. The summed E-state index contributed by atoms with van der Waals surface area (Å²) in [5.41, 5.74) is 0. The molecule has 0 fully saturated rings. The van der Waals surface area contributed by atoms with Gasteiger partial charge in [0.15, 0.2) is 0 Å². The summed E-state index contributed by atoms with van der Waals surface area (Å²) in [5.74, 6) is 0.766. The van der Waals surface area contributed by atoms with E-state index in [1.165, 1.54) is 171 Å². The van der Waals surface area contributed by atoms with Crippen LogP contribution in [-0.2, 0) is 9.59 Å². The highest BCUT2D eigenvalue weighted by Crippen LogP contribution is 2.16. The summed E-state index contributed by atoms with van der Waals surface area (Å²) in [6.07, 6.45) is 38.6. The lowest BCUT2D eigenvalue weighted by Crippen LogP contribution is -2.30. The predicted octanol–water partition coefficient (Wildman–Crippen LogP) is 9.98. The second-order valence-electron chi connectivity index (χ2n) is 11.1. The minimum atomic E-state index is -0.145. The number of hydrogen-bond acceptors (Lipinski definition) is 3. The summed E-state index contributed by atoms with van der Waals surface area (Å²) in [6, 6.07) is 0. The molecular weight excluding hydrogens is 462 g/mol. The van der Waals surface area contributed by atoms with Gasteiger partial charge in [-0.2, -0.15) is 12.6 Å². The van der Waals surface area contributed by atoms with Gasteiger partial charge in [-0.25, -0.2) is 0 Å². The summed E-state index contributed by atoms with van der Waals surface area (Å²) in [6.45, 7) is 0.586. The molecule has 0 aromatic rings. The van der Waals surface area contributed by atoms with Crippen LogP contribution in [0.5, 0.6) is 0 Å². The Kier molecular flexibility index (Phi) is 23.9. The lowest BCUT2D eigenvalue weighted by Gasteiger charge is -2.12. The fraction of sp³-hybridized carbons (Fsp3) is 0.875. The molecule has 1 aliphatic heterocycles. The number of imide groups is 1. The molecule has 210 valence electrons. The van der Waals surface area contributed by atoms with E-state index in [2.05, 4.69) is 12.6 Å². The molecule has 0 saturated heterocycles. The number of carbonyl (C=O) groups is 2. The Labute approximate surface area is 230 Å². The van der Waals surface area contributed by atoms with E-state index in [-0.39, 0.29) is 11.8 Å². The lowest BCUT2D eigenvalue weighted by molar-refractivity contribution is -0.136. The molecule has 0 bridgehead atoms. The minimum Gasteiger partial charge on any atom is -0.275 e. The number of thiol groups is 1. The number of unbranched alkanes of at least 4 members (excludes halogenated alkanes) is 25. The van der Waals surface area contributed by atoms with Crippen molar-refractivity contribution in [3.8, 4) is 0 Å². The molecule has 36 heavy (non-hydrogen) atoms. The topological polar surface area (TPSA) is 37.4 Å². The van der Waals surface area contributed by atoms with Crippen LogP contribution in [0.1, 0.15) is 167 Å². The van der Waals surface area contributed by atoms with Gasteiger partial charge in [0.1, 0.15) is 0 Å². The molecule has 0 N–H and O–H groups in total. The molecule has 1 heterocycles. The van der Waals surface area contributed by atoms with Crippen molar-refractivity contribution in [1.82, 2.24) is 4.90 Å². The first kappa shape index (κ1) is 33.3. The van der Waals surface area contributed by atoms with Gasteiger partial charge >= 0.3 is 0 Å². The predicted molar refractivity (Wildman–Crippen MR) is 160 cm³/mol. The average Bonchev–Trinajstić information content (AvgIpc) is 3.20. The largest absolute Gasteiger partial charge is 0.275 e. The second-order valence-corrected chi connectivity index (χ2v) is 11.5. The van der Waals surface area contributed by atoms with Crippen molar-refractivity contribution in [1.29, 1.82) is 0 Å². The van der Waals surface area contributed by atoms with E-state index in [0.29, 0.717) is 6.54 Å². The summed E-state index contributed by atoms with van der Waals surface area (Å²) in [4.78, 5) is 24.3. The van der Waals surface area contributed by atoms with Gasteiger partial charge < -0.3 is 0 Å². The maximum Gasteiger partial charge on any atom is 0.253 e. The normalized spacial score (nSPS) is 13.4. The third-order valence-corrected chi connectivity index (χ3v) is 8.01. The summed E-state index contributed by atoms with van der Waals surface area (Å²) in [7, 11) is 0. The molecule has 0 unspecified atom stereocenters. The quantitative estimate of drug-likeness (QED) is 0.0631.